The number of rotatable bonds is 3. The van der Waals surface area contributed by atoms with E-state index in [1.165, 1.54) is 24.8 Å². The number of carbonyl (C=O) groups is 1. The molecule has 0 atom stereocenters. The van der Waals surface area contributed by atoms with Gasteiger partial charge >= 0.3 is 0 Å². The zero-order chi connectivity index (χ0) is 11.3. The van der Waals surface area contributed by atoms with Crippen LogP contribution in [0, 0.1) is 12.7 Å². The summed E-state index contributed by atoms with van der Waals surface area (Å²) >= 11 is 1.21. The van der Waals surface area contributed by atoms with Crippen molar-refractivity contribution in [2.24, 2.45) is 0 Å². The lowest BCUT2D eigenvalue weighted by Gasteiger charge is -1.98. The third kappa shape index (κ3) is 4.30. The summed E-state index contributed by atoms with van der Waals surface area (Å²) in [5, 5.41) is 0.0732. The topological polar surface area (TPSA) is 17.1 Å². The van der Waals surface area contributed by atoms with Crippen molar-refractivity contribution in [1.29, 1.82) is 0 Å². The molecule has 0 unspecified atom stereocenters. The van der Waals surface area contributed by atoms with E-state index in [1.54, 1.807) is 18.2 Å². The third-order valence-corrected chi connectivity index (χ3v) is 2.60. The first-order chi connectivity index (χ1) is 7.09. The molecule has 0 amide bonds. The summed E-state index contributed by atoms with van der Waals surface area (Å²) in [6.45, 7) is 3.37. The number of benzene rings is 1. The maximum absolute atomic E-state index is 13.3. The lowest BCUT2D eigenvalue weighted by Crippen LogP contribution is -1.85. The molecule has 0 saturated heterocycles. The smallest absolute Gasteiger partial charge is 0.186 e. The molecule has 0 spiro atoms. The Labute approximate surface area is 93.4 Å². The Morgan fingerprint density at radius 3 is 2.87 bits per heavy atom. The van der Waals surface area contributed by atoms with Gasteiger partial charge in [0.1, 0.15) is 5.82 Å². The molecule has 0 aliphatic rings. The number of halogens is 1. The van der Waals surface area contributed by atoms with Crippen molar-refractivity contribution in [3.63, 3.8) is 0 Å². The molecule has 0 radical (unpaired) electrons. The lowest BCUT2D eigenvalue weighted by molar-refractivity contribution is -0.109. The van der Waals surface area contributed by atoms with Crippen molar-refractivity contribution in [2.75, 3.05) is 5.75 Å². The summed E-state index contributed by atoms with van der Waals surface area (Å²) in [5.41, 5.74) is 1.47. The van der Waals surface area contributed by atoms with E-state index >= 15 is 0 Å². The molecule has 3 heteroatoms. The van der Waals surface area contributed by atoms with Gasteiger partial charge in [-0.1, -0.05) is 36.0 Å². The molecule has 0 N–H and O–H groups in total. The van der Waals surface area contributed by atoms with Crippen LogP contribution in [0.3, 0.4) is 0 Å². The van der Waals surface area contributed by atoms with Crippen LogP contribution in [-0.4, -0.2) is 10.9 Å². The predicted octanol–water partition coefficient (Wildman–Crippen LogP) is 3.43. The second-order valence-electron chi connectivity index (χ2n) is 3.23. The van der Waals surface area contributed by atoms with Crippen LogP contribution in [0.15, 0.2) is 24.3 Å². The van der Waals surface area contributed by atoms with Crippen LogP contribution in [0.4, 0.5) is 4.39 Å². The van der Waals surface area contributed by atoms with Gasteiger partial charge in [0.2, 0.25) is 0 Å². The van der Waals surface area contributed by atoms with Gasteiger partial charge in [0, 0.05) is 18.2 Å². The molecule has 80 valence electrons. The van der Waals surface area contributed by atoms with Crippen molar-refractivity contribution in [1.82, 2.24) is 0 Å². The Balaban J connectivity index is 2.60. The maximum atomic E-state index is 13.3. The molecule has 1 aromatic carbocycles. The number of aryl methyl sites for hydroxylation is 1. The molecule has 0 aromatic heterocycles. The first-order valence-corrected chi connectivity index (χ1v) is 5.64. The van der Waals surface area contributed by atoms with E-state index in [0.717, 1.165) is 5.56 Å². The van der Waals surface area contributed by atoms with Crippen molar-refractivity contribution in [2.45, 2.75) is 13.8 Å². The molecule has 1 nitrogen and oxygen atoms in total. The Morgan fingerprint density at radius 2 is 2.27 bits per heavy atom. The second-order valence-corrected chi connectivity index (χ2v) is 4.43. The molecule has 1 aromatic rings. The number of carbonyl (C=O) groups excluding carboxylic acids is 1. The van der Waals surface area contributed by atoms with Crippen molar-refractivity contribution < 1.29 is 9.18 Å². The standard InChI is InChI=1S/C12H13FOS/c1-9-5-6-11(12(13)8-9)4-3-7-15-10(2)14/h3-6,8H,7H2,1-2H3. The molecule has 0 bridgehead atoms. The highest BCUT2D eigenvalue weighted by molar-refractivity contribution is 8.13. The van der Waals surface area contributed by atoms with E-state index in [9.17, 15) is 9.18 Å². The highest BCUT2D eigenvalue weighted by atomic mass is 32.2. The minimum absolute atomic E-state index is 0.0732. The van der Waals surface area contributed by atoms with Crippen LogP contribution in [-0.2, 0) is 4.79 Å². The van der Waals surface area contributed by atoms with Gasteiger partial charge in [-0.3, -0.25) is 4.79 Å². The summed E-state index contributed by atoms with van der Waals surface area (Å²) < 4.78 is 13.3. The summed E-state index contributed by atoms with van der Waals surface area (Å²) in [6.07, 6.45) is 3.49. The molecule has 15 heavy (non-hydrogen) atoms. The Bertz CT molecular complexity index is 385. The van der Waals surface area contributed by atoms with Crippen molar-refractivity contribution in [3.05, 3.63) is 41.2 Å². The van der Waals surface area contributed by atoms with Crippen LogP contribution < -0.4 is 0 Å². The average Bonchev–Trinajstić information content (AvgIpc) is 2.14. The largest absolute Gasteiger partial charge is 0.288 e. The van der Waals surface area contributed by atoms with Gasteiger partial charge in [0.05, 0.1) is 0 Å². The Hall–Kier alpha value is -1.09. The molecule has 0 aliphatic heterocycles. The molecular formula is C12H13FOS. The van der Waals surface area contributed by atoms with Crippen LogP contribution in [0.5, 0.6) is 0 Å². The highest BCUT2D eigenvalue weighted by Gasteiger charge is 1.97. The molecule has 1 rings (SSSR count). The zero-order valence-electron chi connectivity index (χ0n) is 8.79. The SMILES string of the molecule is CC(=O)SCC=Cc1ccc(C)cc1F. The van der Waals surface area contributed by atoms with Crippen LogP contribution in [0.2, 0.25) is 0 Å². The van der Waals surface area contributed by atoms with Gasteiger partial charge in [0.15, 0.2) is 5.12 Å². The Morgan fingerprint density at radius 1 is 1.53 bits per heavy atom. The minimum atomic E-state index is -0.223. The molecule has 0 fully saturated rings. The van der Waals surface area contributed by atoms with E-state index < -0.39 is 0 Å². The number of hydrogen-bond acceptors (Lipinski definition) is 2. The van der Waals surface area contributed by atoms with Gasteiger partial charge < -0.3 is 0 Å². The zero-order valence-corrected chi connectivity index (χ0v) is 9.60. The van der Waals surface area contributed by atoms with Crippen molar-refractivity contribution >= 4 is 23.0 Å². The van der Waals surface area contributed by atoms with E-state index in [0.29, 0.717) is 11.3 Å². The van der Waals surface area contributed by atoms with Gasteiger partial charge in [-0.25, -0.2) is 4.39 Å². The highest BCUT2D eigenvalue weighted by Crippen LogP contribution is 2.12. The van der Waals surface area contributed by atoms with Crippen LogP contribution in [0.25, 0.3) is 6.08 Å². The van der Waals surface area contributed by atoms with Gasteiger partial charge in [-0.15, -0.1) is 0 Å². The van der Waals surface area contributed by atoms with E-state index in [2.05, 4.69) is 0 Å². The monoisotopic (exact) mass is 224 g/mol. The van der Waals surface area contributed by atoms with Crippen molar-refractivity contribution in [3.8, 4) is 0 Å². The normalized spacial score (nSPS) is 10.9. The summed E-state index contributed by atoms with van der Waals surface area (Å²) in [7, 11) is 0. The second kappa shape index (κ2) is 5.71. The van der Waals surface area contributed by atoms with Gasteiger partial charge in [-0.2, -0.15) is 0 Å². The van der Waals surface area contributed by atoms with E-state index in [-0.39, 0.29) is 10.9 Å². The van der Waals surface area contributed by atoms with Crippen LogP contribution in [0.1, 0.15) is 18.1 Å². The predicted molar refractivity (Wildman–Crippen MR) is 63.3 cm³/mol. The van der Waals surface area contributed by atoms with E-state index in [1.807, 2.05) is 13.0 Å². The van der Waals surface area contributed by atoms with Crippen LogP contribution >= 0.6 is 11.8 Å². The molecule has 0 saturated carbocycles. The number of thioether (sulfide) groups is 1. The summed E-state index contributed by atoms with van der Waals surface area (Å²) in [4.78, 5) is 10.6. The fourth-order valence-corrected chi connectivity index (χ4v) is 1.54. The minimum Gasteiger partial charge on any atom is -0.288 e. The quantitative estimate of drug-likeness (QED) is 0.782. The third-order valence-electron chi connectivity index (χ3n) is 1.84. The number of hydrogen-bond donors (Lipinski definition) is 0. The Kier molecular flexibility index (Phi) is 4.56. The molecule has 0 aliphatic carbocycles. The molecule has 0 heterocycles. The lowest BCUT2D eigenvalue weighted by atomic mass is 10.1. The van der Waals surface area contributed by atoms with Gasteiger partial charge in [-0.05, 0) is 18.6 Å². The summed E-state index contributed by atoms with van der Waals surface area (Å²) in [6, 6.07) is 5.10. The first kappa shape index (κ1) is 12.0. The maximum Gasteiger partial charge on any atom is 0.186 e. The fourth-order valence-electron chi connectivity index (χ4n) is 1.11. The van der Waals surface area contributed by atoms with E-state index in [4.69, 9.17) is 0 Å². The van der Waals surface area contributed by atoms with Gasteiger partial charge in [0.25, 0.3) is 0 Å². The fraction of sp³-hybridized carbons (Fsp3) is 0.250. The average molecular weight is 224 g/mol. The summed E-state index contributed by atoms with van der Waals surface area (Å²) in [5.74, 6) is 0.363. The first-order valence-electron chi connectivity index (χ1n) is 4.65. The molecular weight excluding hydrogens is 211 g/mol.